The minimum Gasteiger partial charge on any atom is -0.368 e. The van der Waals surface area contributed by atoms with Gasteiger partial charge in [0.2, 0.25) is 16.0 Å². The first-order valence-electron chi connectivity index (χ1n) is 9.31. The molecule has 3 aromatic rings. The van der Waals surface area contributed by atoms with E-state index in [1.165, 1.54) is 37.4 Å². The molecule has 0 fully saturated rings. The molecule has 0 aliphatic heterocycles. The zero-order valence-electron chi connectivity index (χ0n) is 17.4. The van der Waals surface area contributed by atoms with E-state index in [1.807, 2.05) is 20.8 Å². The Kier molecular flexibility index (Phi) is 5.83. The van der Waals surface area contributed by atoms with Crippen LogP contribution in [0, 0.1) is 5.82 Å². The summed E-state index contributed by atoms with van der Waals surface area (Å²) in [5, 5.41) is 0.0872. The molecule has 160 valence electrons. The molecule has 3 rings (SSSR count). The number of nitrogen functional groups attached to an aromatic ring is 1. The van der Waals surface area contributed by atoms with E-state index in [0.717, 1.165) is 5.01 Å². The van der Waals surface area contributed by atoms with Crippen LogP contribution in [0.5, 0.6) is 0 Å². The summed E-state index contributed by atoms with van der Waals surface area (Å²) in [6, 6.07) is 6.23. The molecule has 3 N–H and O–H groups in total. The zero-order valence-corrected chi connectivity index (χ0v) is 19.0. The Hall–Kier alpha value is -2.59. The van der Waals surface area contributed by atoms with Crippen LogP contribution in [0.2, 0.25) is 0 Å². The summed E-state index contributed by atoms with van der Waals surface area (Å²) in [5.41, 5.74) is 6.43. The van der Waals surface area contributed by atoms with Crippen LogP contribution in [0.3, 0.4) is 0 Å². The van der Waals surface area contributed by atoms with Gasteiger partial charge < -0.3 is 5.73 Å². The third-order valence-electron chi connectivity index (χ3n) is 4.30. The van der Waals surface area contributed by atoms with Gasteiger partial charge in [-0.25, -0.2) is 27.8 Å². The van der Waals surface area contributed by atoms with Gasteiger partial charge >= 0.3 is 0 Å². The smallest absolute Gasteiger partial charge is 0.235 e. The van der Waals surface area contributed by atoms with E-state index < -0.39 is 21.1 Å². The number of halogens is 1. The lowest BCUT2D eigenvalue weighted by atomic mass is 9.98. The standard InChI is InChI=1S/C20H24FN5O2S2/c1-11(2)30(27,28)26-13-8-6-7-12(15(13)21)16-17(14-9-10-23-19(22)24-14)29-18(25-16)20(3,4)5/h6-11,26H,1-5H3,(H2,22,23,24). The Morgan fingerprint density at radius 2 is 1.87 bits per heavy atom. The fourth-order valence-corrected chi connectivity index (χ4v) is 4.37. The summed E-state index contributed by atoms with van der Waals surface area (Å²) in [7, 11) is -3.70. The molecular weight excluding hydrogens is 425 g/mol. The van der Waals surface area contributed by atoms with Crippen molar-refractivity contribution >= 4 is 33.0 Å². The molecule has 0 saturated heterocycles. The maximum atomic E-state index is 15.4. The van der Waals surface area contributed by atoms with Crippen LogP contribution in [0.15, 0.2) is 30.5 Å². The SMILES string of the molecule is CC(C)S(=O)(=O)Nc1cccc(-c2nc(C(C)(C)C)sc2-c2ccnc(N)n2)c1F. The van der Waals surface area contributed by atoms with Crippen molar-refractivity contribution in [2.24, 2.45) is 0 Å². The number of rotatable bonds is 5. The van der Waals surface area contributed by atoms with E-state index in [9.17, 15) is 8.42 Å². The molecule has 0 aliphatic rings. The van der Waals surface area contributed by atoms with E-state index in [-0.39, 0.29) is 22.6 Å². The molecule has 0 amide bonds. The molecule has 2 heterocycles. The molecule has 0 saturated carbocycles. The molecule has 10 heteroatoms. The number of anilines is 2. The first-order valence-corrected chi connectivity index (χ1v) is 11.7. The fraction of sp³-hybridized carbons (Fsp3) is 0.350. The lowest BCUT2D eigenvalue weighted by Gasteiger charge is -2.14. The Morgan fingerprint density at radius 1 is 1.17 bits per heavy atom. The molecule has 0 unspecified atom stereocenters. The Labute approximate surface area is 179 Å². The molecule has 2 aromatic heterocycles. The highest BCUT2D eigenvalue weighted by atomic mass is 32.2. The van der Waals surface area contributed by atoms with Crippen LogP contribution in [0.4, 0.5) is 16.0 Å². The topological polar surface area (TPSA) is 111 Å². The van der Waals surface area contributed by atoms with E-state index >= 15 is 4.39 Å². The van der Waals surface area contributed by atoms with Gasteiger partial charge in [-0.05, 0) is 32.0 Å². The average Bonchev–Trinajstić information content (AvgIpc) is 3.09. The zero-order chi connectivity index (χ0) is 22.3. The quantitative estimate of drug-likeness (QED) is 0.596. The second-order valence-corrected chi connectivity index (χ2v) is 11.3. The summed E-state index contributed by atoms with van der Waals surface area (Å²) in [4.78, 5) is 13.5. The highest BCUT2D eigenvalue weighted by Gasteiger charge is 2.26. The van der Waals surface area contributed by atoms with E-state index in [4.69, 9.17) is 10.7 Å². The monoisotopic (exact) mass is 449 g/mol. The van der Waals surface area contributed by atoms with E-state index in [2.05, 4.69) is 14.7 Å². The van der Waals surface area contributed by atoms with Gasteiger partial charge in [0, 0.05) is 17.2 Å². The largest absolute Gasteiger partial charge is 0.368 e. The van der Waals surface area contributed by atoms with Gasteiger partial charge in [-0.1, -0.05) is 26.8 Å². The van der Waals surface area contributed by atoms with Crippen LogP contribution in [-0.2, 0) is 15.4 Å². The molecule has 0 radical (unpaired) electrons. The fourth-order valence-electron chi connectivity index (χ4n) is 2.56. The summed E-state index contributed by atoms with van der Waals surface area (Å²) >= 11 is 1.39. The van der Waals surface area contributed by atoms with Crippen LogP contribution in [0.25, 0.3) is 21.8 Å². The lowest BCUT2D eigenvalue weighted by molar-refractivity contribution is 0.585. The first-order chi connectivity index (χ1) is 13.9. The van der Waals surface area contributed by atoms with Crippen molar-refractivity contribution in [1.82, 2.24) is 15.0 Å². The van der Waals surface area contributed by atoms with Gasteiger partial charge in [-0.3, -0.25) is 4.72 Å². The lowest BCUT2D eigenvalue weighted by Crippen LogP contribution is -2.23. The van der Waals surface area contributed by atoms with Crippen molar-refractivity contribution in [1.29, 1.82) is 0 Å². The maximum absolute atomic E-state index is 15.4. The third-order valence-corrected chi connectivity index (χ3v) is 7.55. The second kappa shape index (κ2) is 7.92. The normalized spacial score (nSPS) is 12.4. The molecule has 1 aromatic carbocycles. The predicted molar refractivity (Wildman–Crippen MR) is 119 cm³/mol. The van der Waals surface area contributed by atoms with Crippen molar-refractivity contribution in [3.63, 3.8) is 0 Å². The second-order valence-electron chi connectivity index (χ2n) is 8.11. The van der Waals surface area contributed by atoms with Gasteiger partial charge in [0.05, 0.1) is 32.2 Å². The van der Waals surface area contributed by atoms with Crippen molar-refractivity contribution in [3.05, 3.63) is 41.3 Å². The maximum Gasteiger partial charge on any atom is 0.235 e. The molecule has 7 nitrogen and oxygen atoms in total. The van der Waals surface area contributed by atoms with Crippen molar-refractivity contribution in [2.75, 3.05) is 10.5 Å². The van der Waals surface area contributed by atoms with Crippen LogP contribution >= 0.6 is 11.3 Å². The predicted octanol–water partition coefficient (Wildman–Crippen LogP) is 4.44. The number of nitrogens with zero attached hydrogens (tertiary/aromatic N) is 3. The van der Waals surface area contributed by atoms with Crippen LogP contribution in [0.1, 0.15) is 39.6 Å². The number of nitrogens with one attached hydrogen (secondary N) is 1. The Bertz CT molecular complexity index is 1180. The molecule has 0 spiro atoms. The number of nitrogens with two attached hydrogens (primary N) is 1. The summed E-state index contributed by atoms with van der Waals surface area (Å²) in [6.07, 6.45) is 1.53. The molecule has 0 aliphatic carbocycles. The Balaban J connectivity index is 2.21. The molecule has 0 bridgehead atoms. The summed E-state index contributed by atoms with van der Waals surface area (Å²) < 4.78 is 42.2. The third kappa shape index (κ3) is 4.44. The molecular formula is C20H24FN5O2S2. The minimum atomic E-state index is -3.70. The van der Waals surface area contributed by atoms with Gasteiger partial charge in [-0.15, -0.1) is 11.3 Å². The summed E-state index contributed by atoms with van der Waals surface area (Å²) in [5.74, 6) is -0.598. The highest BCUT2D eigenvalue weighted by molar-refractivity contribution is 7.93. The average molecular weight is 450 g/mol. The van der Waals surface area contributed by atoms with E-state index in [0.29, 0.717) is 16.3 Å². The number of aromatic nitrogens is 3. The number of thiazole rings is 1. The number of hydrogen-bond donors (Lipinski definition) is 2. The number of benzene rings is 1. The van der Waals surface area contributed by atoms with Gasteiger partial charge in [0.15, 0.2) is 5.82 Å². The minimum absolute atomic E-state index is 0.100. The highest BCUT2D eigenvalue weighted by Crippen LogP contribution is 2.41. The van der Waals surface area contributed by atoms with Crippen molar-refractivity contribution in [2.45, 2.75) is 45.3 Å². The van der Waals surface area contributed by atoms with Gasteiger partial charge in [0.25, 0.3) is 0 Å². The van der Waals surface area contributed by atoms with Crippen molar-refractivity contribution < 1.29 is 12.8 Å². The van der Waals surface area contributed by atoms with E-state index in [1.54, 1.807) is 18.2 Å². The molecule has 0 atom stereocenters. The van der Waals surface area contributed by atoms with Gasteiger partial charge in [-0.2, -0.15) is 0 Å². The number of sulfonamides is 1. The first kappa shape index (κ1) is 22.1. The van der Waals surface area contributed by atoms with Crippen molar-refractivity contribution in [3.8, 4) is 21.8 Å². The molecule has 30 heavy (non-hydrogen) atoms. The van der Waals surface area contributed by atoms with Crippen LogP contribution in [-0.4, -0.2) is 28.6 Å². The number of hydrogen-bond acceptors (Lipinski definition) is 7. The van der Waals surface area contributed by atoms with Crippen LogP contribution < -0.4 is 10.5 Å². The van der Waals surface area contributed by atoms with Gasteiger partial charge in [0.1, 0.15) is 0 Å². The Morgan fingerprint density at radius 3 is 2.47 bits per heavy atom. The summed E-state index contributed by atoms with van der Waals surface area (Å²) in [6.45, 7) is 9.08.